The van der Waals surface area contributed by atoms with E-state index in [2.05, 4.69) is 40.7 Å². The van der Waals surface area contributed by atoms with Crippen molar-refractivity contribution in [1.29, 1.82) is 0 Å². The van der Waals surface area contributed by atoms with Crippen molar-refractivity contribution in [1.82, 2.24) is 0 Å². The SMILES string of the molecule is CC1CC[C@]2(C(=O)O)CC[C@]3(C)C(=CC[C@H]4[C@@]5(C)CC(O)C(O)[C@@](C)(CO)[C@@H]5CC[C@]43C)[C@H]2C1C. The van der Waals surface area contributed by atoms with Gasteiger partial charge in [-0.1, -0.05) is 53.2 Å². The van der Waals surface area contributed by atoms with Gasteiger partial charge in [-0.05, 0) is 97.2 Å². The summed E-state index contributed by atoms with van der Waals surface area (Å²) in [5.74, 6) is 0.828. The molecule has 0 spiro atoms. The van der Waals surface area contributed by atoms with Gasteiger partial charge in [-0.25, -0.2) is 0 Å². The Morgan fingerprint density at radius 1 is 1.00 bits per heavy atom. The van der Waals surface area contributed by atoms with Gasteiger partial charge in [0, 0.05) is 5.41 Å². The van der Waals surface area contributed by atoms with E-state index < -0.39 is 29.0 Å². The molecule has 0 radical (unpaired) electrons. The molecule has 12 atom stereocenters. The van der Waals surface area contributed by atoms with Gasteiger partial charge < -0.3 is 20.4 Å². The van der Waals surface area contributed by atoms with Crippen LogP contribution < -0.4 is 0 Å². The Labute approximate surface area is 211 Å². The average molecular weight is 489 g/mol. The Morgan fingerprint density at radius 2 is 1.69 bits per heavy atom. The number of allylic oxidation sites excluding steroid dienone is 2. The molecule has 198 valence electrons. The van der Waals surface area contributed by atoms with Crippen LogP contribution in [0, 0.1) is 56.7 Å². The highest BCUT2D eigenvalue weighted by molar-refractivity contribution is 5.76. The minimum absolute atomic E-state index is 0.00815. The largest absolute Gasteiger partial charge is 0.481 e. The number of aliphatic carboxylic acids is 1. The fourth-order valence-corrected chi connectivity index (χ4v) is 11.0. The maximum absolute atomic E-state index is 12.8. The van der Waals surface area contributed by atoms with Crippen LogP contribution >= 0.6 is 0 Å². The molecule has 0 aliphatic heterocycles. The molecule has 0 bridgehead atoms. The molecular formula is C30H48O5. The number of fused-ring (bicyclic) bond motifs is 7. The Morgan fingerprint density at radius 3 is 2.31 bits per heavy atom. The molecule has 0 amide bonds. The Bertz CT molecular complexity index is 930. The quantitative estimate of drug-likeness (QED) is 0.409. The Balaban J connectivity index is 1.62. The van der Waals surface area contributed by atoms with Crippen molar-refractivity contribution in [3.63, 3.8) is 0 Å². The van der Waals surface area contributed by atoms with Crippen molar-refractivity contribution in [3.8, 4) is 0 Å². The second-order valence-electron chi connectivity index (χ2n) is 14.5. The topological polar surface area (TPSA) is 98.0 Å². The molecule has 4 saturated carbocycles. The molecule has 5 rings (SSSR count). The van der Waals surface area contributed by atoms with Crippen LogP contribution in [0.5, 0.6) is 0 Å². The first-order chi connectivity index (χ1) is 16.2. The number of hydrogen-bond donors (Lipinski definition) is 4. The fourth-order valence-electron chi connectivity index (χ4n) is 11.0. The van der Waals surface area contributed by atoms with Crippen molar-refractivity contribution in [2.75, 3.05) is 6.61 Å². The summed E-state index contributed by atoms with van der Waals surface area (Å²) in [6.07, 6.45) is 7.51. The van der Waals surface area contributed by atoms with E-state index in [0.717, 1.165) is 44.9 Å². The van der Waals surface area contributed by atoms with Crippen molar-refractivity contribution in [3.05, 3.63) is 11.6 Å². The van der Waals surface area contributed by atoms with Crippen molar-refractivity contribution >= 4 is 5.97 Å². The van der Waals surface area contributed by atoms with E-state index in [-0.39, 0.29) is 34.7 Å². The molecule has 4 N–H and O–H groups in total. The van der Waals surface area contributed by atoms with E-state index in [1.165, 1.54) is 5.57 Å². The zero-order valence-electron chi connectivity index (χ0n) is 22.7. The highest BCUT2D eigenvalue weighted by Gasteiger charge is 2.70. The second kappa shape index (κ2) is 7.80. The van der Waals surface area contributed by atoms with Gasteiger partial charge in [0.05, 0.1) is 24.2 Å². The minimum atomic E-state index is -0.907. The van der Waals surface area contributed by atoms with E-state index in [9.17, 15) is 25.2 Å². The lowest BCUT2D eigenvalue weighted by molar-refractivity contribution is -0.244. The van der Waals surface area contributed by atoms with Crippen LogP contribution in [-0.2, 0) is 4.79 Å². The van der Waals surface area contributed by atoms with E-state index in [1.807, 2.05) is 6.92 Å². The number of carboxylic acid groups (broad SMARTS) is 1. The molecule has 4 unspecified atom stereocenters. The van der Waals surface area contributed by atoms with Gasteiger partial charge in [0.15, 0.2) is 0 Å². The standard InChI is InChI=1S/C30H48O5/c1-17-9-12-30(25(34)35)14-13-28(5)19(23(30)18(17)2)7-8-22-26(3)15-20(32)24(33)27(4,16-31)21(26)10-11-29(22,28)6/h7,17-18,20-24,31-33H,8-16H2,1-6H3,(H,34,35)/t17?,18?,20?,21-,22+,23-,24?,26+,27+,28-,29-,30+/m1/s1. The summed E-state index contributed by atoms with van der Waals surface area (Å²) in [5, 5.41) is 42.9. The Kier molecular flexibility index (Phi) is 5.73. The molecule has 0 aromatic heterocycles. The molecule has 5 aliphatic carbocycles. The van der Waals surface area contributed by atoms with Crippen LogP contribution in [0.4, 0.5) is 0 Å². The van der Waals surface area contributed by atoms with E-state index in [0.29, 0.717) is 24.2 Å². The smallest absolute Gasteiger partial charge is 0.310 e. The van der Waals surface area contributed by atoms with Gasteiger partial charge in [-0.15, -0.1) is 0 Å². The van der Waals surface area contributed by atoms with Gasteiger partial charge in [-0.3, -0.25) is 4.79 Å². The van der Waals surface area contributed by atoms with Crippen LogP contribution in [0.1, 0.15) is 92.9 Å². The zero-order valence-corrected chi connectivity index (χ0v) is 22.7. The predicted molar refractivity (Wildman–Crippen MR) is 135 cm³/mol. The number of hydrogen-bond acceptors (Lipinski definition) is 4. The minimum Gasteiger partial charge on any atom is -0.481 e. The van der Waals surface area contributed by atoms with E-state index in [1.54, 1.807) is 0 Å². The average Bonchev–Trinajstić information content (AvgIpc) is 2.80. The fraction of sp³-hybridized carbons (Fsp3) is 0.900. The molecule has 4 fully saturated rings. The first-order valence-electron chi connectivity index (χ1n) is 14.1. The molecule has 5 heteroatoms. The molecule has 0 heterocycles. The Hall–Kier alpha value is -0.910. The highest BCUT2D eigenvalue weighted by Crippen LogP contribution is 2.75. The molecule has 5 aliphatic rings. The summed E-state index contributed by atoms with van der Waals surface area (Å²) in [6.45, 7) is 13.6. The first-order valence-corrected chi connectivity index (χ1v) is 14.1. The molecule has 0 saturated heterocycles. The van der Waals surface area contributed by atoms with Gasteiger partial charge >= 0.3 is 5.97 Å². The third-order valence-corrected chi connectivity index (χ3v) is 13.5. The molecule has 0 aromatic carbocycles. The summed E-state index contributed by atoms with van der Waals surface area (Å²) < 4.78 is 0. The maximum Gasteiger partial charge on any atom is 0.310 e. The lowest BCUT2D eigenvalue weighted by Crippen LogP contribution is -2.68. The van der Waals surface area contributed by atoms with Gasteiger partial charge in [0.1, 0.15) is 0 Å². The lowest BCUT2D eigenvalue weighted by atomic mass is 9.33. The third kappa shape index (κ3) is 2.95. The molecular weight excluding hydrogens is 440 g/mol. The van der Waals surface area contributed by atoms with Crippen LogP contribution in [0.25, 0.3) is 0 Å². The number of carboxylic acids is 1. The van der Waals surface area contributed by atoms with Crippen LogP contribution in [0.2, 0.25) is 0 Å². The zero-order chi connectivity index (χ0) is 25.8. The number of rotatable bonds is 2. The summed E-state index contributed by atoms with van der Waals surface area (Å²) >= 11 is 0. The third-order valence-electron chi connectivity index (χ3n) is 13.5. The van der Waals surface area contributed by atoms with E-state index >= 15 is 0 Å². The summed E-state index contributed by atoms with van der Waals surface area (Å²) in [6, 6.07) is 0. The van der Waals surface area contributed by atoms with Crippen molar-refractivity contribution in [2.45, 2.75) is 105 Å². The maximum atomic E-state index is 12.8. The van der Waals surface area contributed by atoms with Crippen LogP contribution in [-0.4, -0.2) is 45.2 Å². The second-order valence-corrected chi connectivity index (χ2v) is 14.5. The monoisotopic (exact) mass is 488 g/mol. The number of aliphatic hydroxyl groups is 3. The van der Waals surface area contributed by atoms with Gasteiger partial charge in [0.2, 0.25) is 0 Å². The van der Waals surface area contributed by atoms with Crippen LogP contribution in [0.3, 0.4) is 0 Å². The molecule has 5 nitrogen and oxygen atoms in total. The van der Waals surface area contributed by atoms with Gasteiger partial charge in [-0.2, -0.15) is 0 Å². The highest BCUT2D eigenvalue weighted by atomic mass is 16.4. The summed E-state index contributed by atoms with van der Waals surface area (Å²) in [4.78, 5) is 12.8. The van der Waals surface area contributed by atoms with Crippen molar-refractivity contribution < 1.29 is 25.2 Å². The number of carbonyl (C=O) groups is 1. The summed E-state index contributed by atoms with van der Waals surface area (Å²) in [7, 11) is 0. The van der Waals surface area contributed by atoms with E-state index in [4.69, 9.17) is 0 Å². The molecule has 0 aromatic rings. The first kappa shape index (κ1) is 25.7. The lowest BCUT2D eigenvalue weighted by Gasteiger charge is -2.71. The molecule has 35 heavy (non-hydrogen) atoms. The summed E-state index contributed by atoms with van der Waals surface area (Å²) in [5.41, 5.74) is -0.214. The predicted octanol–water partition coefficient (Wildman–Crippen LogP) is 5.03. The van der Waals surface area contributed by atoms with Crippen molar-refractivity contribution in [2.24, 2.45) is 56.7 Å². The van der Waals surface area contributed by atoms with Gasteiger partial charge in [0.25, 0.3) is 0 Å². The van der Waals surface area contributed by atoms with Crippen LogP contribution in [0.15, 0.2) is 11.6 Å². The number of aliphatic hydroxyl groups excluding tert-OH is 3. The normalized spacial score (nSPS) is 57.7.